The largest absolute Gasteiger partial charge is 0.389 e. The van der Waals surface area contributed by atoms with E-state index in [-0.39, 0.29) is 17.6 Å². The third-order valence-corrected chi connectivity index (χ3v) is 4.38. The summed E-state index contributed by atoms with van der Waals surface area (Å²) in [6.45, 7) is 10.2. The number of nitrogens with zero attached hydrogens (tertiary/aromatic N) is 2. The molecule has 2 aliphatic heterocycles. The van der Waals surface area contributed by atoms with Crippen molar-refractivity contribution >= 4 is 5.91 Å². The number of morpholine rings is 1. The van der Waals surface area contributed by atoms with Crippen LogP contribution in [-0.2, 0) is 14.3 Å². The van der Waals surface area contributed by atoms with Crippen molar-refractivity contribution in [1.82, 2.24) is 9.80 Å². The van der Waals surface area contributed by atoms with Crippen molar-refractivity contribution in [2.45, 2.75) is 57.8 Å². The number of rotatable bonds is 5. The molecule has 0 saturated carbocycles. The lowest BCUT2D eigenvalue weighted by Crippen LogP contribution is -2.55. The highest BCUT2D eigenvalue weighted by atomic mass is 16.5. The SMILES string of the molecule is CC(C)(C)OC[C@@H](O)CN1CCCC[C@H]1C(=O)N1CCOCC1. The molecule has 2 fully saturated rings. The van der Waals surface area contributed by atoms with Gasteiger partial charge in [0.15, 0.2) is 0 Å². The van der Waals surface area contributed by atoms with Crippen molar-refractivity contribution in [3.05, 3.63) is 0 Å². The fourth-order valence-corrected chi connectivity index (χ4v) is 3.15. The highest BCUT2D eigenvalue weighted by Crippen LogP contribution is 2.20. The number of carbonyl (C=O) groups is 1. The van der Waals surface area contributed by atoms with Gasteiger partial charge in [0.25, 0.3) is 0 Å². The third-order valence-electron chi connectivity index (χ3n) is 4.38. The average molecular weight is 328 g/mol. The maximum Gasteiger partial charge on any atom is 0.240 e. The van der Waals surface area contributed by atoms with E-state index in [1.54, 1.807) is 0 Å². The number of piperidine rings is 1. The summed E-state index contributed by atoms with van der Waals surface area (Å²) < 4.78 is 11.0. The Hall–Kier alpha value is -0.690. The van der Waals surface area contributed by atoms with Crippen molar-refractivity contribution in [2.75, 3.05) is 46.0 Å². The normalized spacial score (nSPS) is 25.4. The minimum Gasteiger partial charge on any atom is -0.389 e. The summed E-state index contributed by atoms with van der Waals surface area (Å²) in [5.74, 6) is 0.192. The molecule has 0 aromatic heterocycles. The van der Waals surface area contributed by atoms with Gasteiger partial charge in [-0.1, -0.05) is 6.42 Å². The van der Waals surface area contributed by atoms with Crippen molar-refractivity contribution in [3.8, 4) is 0 Å². The lowest BCUT2D eigenvalue weighted by atomic mass is 10.00. The molecule has 2 rings (SSSR count). The number of hydrogen-bond donors (Lipinski definition) is 1. The number of amides is 1. The van der Waals surface area contributed by atoms with E-state index in [0.29, 0.717) is 39.5 Å². The fourth-order valence-electron chi connectivity index (χ4n) is 3.15. The Balaban J connectivity index is 1.88. The first-order chi connectivity index (χ1) is 10.9. The average Bonchev–Trinajstić information content (AvgIpc) is 2.53. The highest BCUT2D eigenvalue weighted by Gasteiger charge is 2.33. The van der Waals surface area contributed by atoms with Gasteiger partial charge in [-0.25, -0.2) is 0 Å². The molecule has 0 bridgehead atoms. The van der Waals surface area contributed by atoms with Crippen LogP contribution in [0.4, 0.5) is 0 Å². The van der Waals surface area contributed by atoms with E-state index >= 15 is 0 Å². The van der Waals surface area contributed by atoms with Crippen LogP contribution in [0.2, 0.25) is 0 Å². The molecule has 134 valence electrons. The molecule has 0 unspecified atom stereocenters. The molecule has 0 radical (unpaired) electrons. The second kappa shape index (κ2) is 8.42. The number of likely N-dealkylation sites (tertiary alicyclic amines) is 1. The fraction of sp³-hybridized carbons (Fsp3) is 0.941. The summed E-state index contributed by atoms with van der Waals surface area (Å²) in [4.78, 5) is 16.8. The highest BCUT2D eigenvalue weighted by molar-refractivity contribution is 5.82. The third kappa shape index (κ3) is 6.03. The lowest BCUT2D eigenvalue weighted by Gasteiger charge is -2.39. The van der Waals surface area contributed by atoms with Gasteiger partial charge in [-0.15, -0.1) is 0 Å². The lowest BCUT2D eigenvalue weighted by molar-refractivity contribution is -0.143. The van der Waals surface area contributed by atoms with Gasteiger partial charge in [-0.2, -0.15) is 0 Å². The van der Waals surface area contributed by atoms with Crippen LogP contribution in [0, 0.1) is 0 Å². The molecule has 2 saturated heterocycles. The van der Waals surface area contributed by atoms with Crippen LogP contribution in [0.1, 0.15) is 40.0 Å². The molecule has 23 heavy (non-hydrogen) atoms. The van der Waals surface area contributed by atoms with Gasteiger partial charge < -0.3 is 19.5 Å². The molecule has 0 spiro atoms. The number of carbonyl (C=O) groups excluding carboxylic acids is 1. The molecule has 0 aromatic rings. The maximum atomic E-state index is 12.8. The van der Waals surface area contributed by atoms with Crippen LogP contribution in [0.25, 0.3) is 0 Å². The molecular formula is C17H32N2O4. The molecule has 1 N–H and O–H groups in total. The Morgan fingerprint density at radius 1 is 1.26 bits per heavy atom. The molecule has 2 heterocycles. The first-order valence-electron chi connectivity index (χ1n) is 8.79. The summed E-state index contributed by atoms with van der Waals surface area (Å²) in [5, 5.41) is 10.3. The number of aliphatic hydroxyl groups excluding tert-OH is 1. The molecule has 0 aromatic carbocycles. The molecule has 2 atom stereocenters. The van der Waals surface area contributed by atoms with Gasteiger partial charge in [0.1, 0.15) is 0 Å². The van der Waals surface area contributed by atoms with Crippen molar-refractivity contribution in [1.29, 1.82) is 0 Å². The molecule has 1 amide bonds. The monoisotopic (exact) mass is 328 g/mol. The Morgan fingerprint density at radius 3 is 2.61 bits per heavy atom. The van der Waals surface area contributed by atoms with Crippen molar-refractivity contribution in [3.63, 3.8) is 0 Å². The number of β-amino-alcohol motifs (C(OH)–C–C–N with tert-alkyl or cyclic N) is 1. The zero-order valence-corrected chi connectivity index (χ0v) is 14.8. The van der Waals surface area contributed by atoms with E-state index in [4.69, 9.17) is 9.47 Å². The smallest absolute Gasteiger partial charge is 0.240 e. The van der Waals surface area contributed by atoms with E-state index < -0.39 is 6.10 Å². The second-order valence-corrected chi connectivity index (χ2v) is 7.52. The second-order valence-electron chi connectivity index (χ2n) is 7.52. The zero-order valence-electron chi connectivity index (χ0n) is 14.8. The standard InChI is InChI=1S/C17H32N2O4/c1-17(2,3)23-13-14(20)12-19-7-5-4-6-15(19)16(21)18-8-10-22-11-9-18/h14-15,20H,4-13H2,1-3H3/t14-,15-/m0/s1. The Labute approximate surface area is 139 Å². The van der Waals surface area contributed by atoms with Crippen LogP contribution < -0.4 is 0 Å². The van der Waals surface area contributed by atoms with Crippen LogP contribution in [-0.4, -0.2) is 84.6 Å². The van der Waals surface area contributed by atoms with Crippen molar-refractivity contribution < 1.29 is 19.4 Å². The van der Waals surface area contributed by atoms with Gasteiger partial charge >= 0.3 is 0 Å². The van der Waals surface area contributed by atoms with E-state index in [9.17, 15) is 9.90 Å². The molecule has 6 heteroatoms. The Bertz CT molecular complexity index is 377. The van der Waals surface area contributed by atoms with Gasteiger partial charge in [0.05, 0.1) is 37.6 Å². The molecule has 6 nitrogen and oxygen atoms in total. The first kappa shape index (κ1) is 18.6. The van der Waals surface area contributed by atoms with Gasteiger partial charge in [0, 0.05) is 19.6 Å². The van der Waals surface area contributed by atoms with E-state index in [1.165, 1.54) is 0 Å². The molecule has 2 aliphatic rings. The van der Waals surface area contributed by atoms with Crippen molar-refractivity contribution in [2.24, 2.45) is 0 Å². The number of aliphatic hydroxyl groups is 1. The summed E-state index contributed by atoms with van der Waals surface area (Å²) in [7, 11) is 0. The predicted molar refractivity (Wildman–Crippen MR) is 88.3 cm³/mol. The van der Waals surface area contributed by atoms with Crippen LogP contribution in [0.3, 0.4) is 0 Å². The van der Waals surface area contributed by atoms with Crippen LogP contribution >= 0.6 is 0 Å². The molecule has 0 aliphatic carbocycles. The summed E-state index contributed by atoms with van der Waals surface area (Å²) in [6.07, 6.45) is 2.47. The molecular weight excluding hydrogens is 296 g/mol. The van der Waals surface area contributed by atoms with Gasteiger partial charge in [0.2, 0.25) is 5.91 Å². The predicted octanol–water partition coefficient (Wildman–Crippen LogP) is 0.876. The first-order valence-corrected chi connectivity index (χ1v) is 8.79. The summed E-state index contributed by atoms with van der Waals surface area (Å²) in [5.41, 5.74) is -0.258. The summed E-state index contributed by atoms with van der Waals surface area (Å²) in [6, 6.07) is -0.105. The van der Waals surface area contributed by atoms with E-state index in [0.717, 1.165) is 25.8 Å². The topological polar surface area (TPSA) is 62.2 Å². The van der Waals surface area contributed by atoms with E-state index in [2.05, 4.69) is 4.90 Å². The summed E-state index contributed by atoms with van der Waals surface area (Å²) >= 11 is 0. The Morgan fingerprint density at radius 2 is 1.96 bits per heavy atom. The zero-order chi connectivity index (χ0) is 16.9. The number of ether oxygens (including phenoxy) is 2. The minimum absolute atomic E-state index is 0.105. The quantitative estimate of drug-likeness (QED) is 0.812. The van der Waals surface area contributed by atoms with Crippen LogP contribution in [0.5, 0.6) is 0 Å². The minimum atomic E-state index is -0.563. The Kier molecular flexibility index (Phi) is 6.83. The number of hydrogen-bond acceptors (Lipinski definition) is 5. The van der Waals surface area contributed by atoms with Crippen LogP contribution in [0.15, 0.2) is 0 Å². The van der Waals surface area contributed by atoms with Gasteiger partial charge in [-0.3, -0.25) is 9.69 Å². The van der Waals surface area contributed by atoms with Gasteiger partial charge in [-0.05, 0) is 40.2 Å². The van der Waals surface area contributed by atoms with E-state index in [1.807, 2.05) is 25.7 Å². The maximum absolute atomic E-state index is 12.8.